The van der Waals surface area contributed by atoms with Gasteiger partial charge in [-0.15, -0.1) is 11.3 Å². The van der Waals surface area contributed by atoms with Crippen molar-refractivity contribution in [2.24, 2.45) is 0 Å². The Morgan fingerprint density at radius 2 is 1.83 bits per heavy atom. The second-order valence-corrected chi connectivity index (χ2v) is 7.92. The van der Waals surface area contributed by atoms with Crippen LogP contribution < -0.4 is 10.9 Å². The number of hydrogen-bond acceptors (Lipinski definition) is 6. The lowest BCUT2D eigenvalue weighted by molar-refractivity contribution is 0.0469. The van der Waals surface area contributed by atoms with E-state index in [1.807, 2.05) is 0 Å². The zero-order chi connectivity index (χ0) is 21.1. The number of halogens is 1. The van der Waals surface area contributed by atoms with E-state index in [1.54, 1.807) is 60.1 Å². The molecule has 0 saturated heterocycles. The number of anilines is 1. The summed E-state index contributed by atoms with van der Waals surface area (Å²) in [6.07, 6.45) is 1.63. The maximum absolute atomic E-state index is 12.6. The minimum Gasteiger partial charge on any atom is -0.456 e. The van der Waals surface area contributed by atoms with Gasteiger partial charge in [0.2, 0.25) is 0 Å². The van der Waals surface area contributed by atoms with Crippen LogP contribution in [0.3, 0.4) is 0 Å². The Morgan fingerprint density at radius 3 is 2.63 bits per heavy atom. The smallest absolute Gasteiger partial charge is 0.340 e. The Morgan fingerprint density at radius 1 is 1.10 bits per heavy atom. The number of ether oxygens (including phenoxy) is 1. The summed E-state index contributed by atoms with van der Waals surface area (Å²) in [5.74, 6) is -0.994. The van der Waals surface area contributed by atoms with Crippen molar-refractivity contribution in [2.45, 2.75) is 6.61 Å². The Bertz CT molecular complexity index is 1310. The highest BCUT2D eigenvalue weighted by Crippen LogP contribution is 2.21. The third kappa shape index (κ3) is 4.17. The summed E-state index contributed by atoms with van der Waals surface area (Å²) in [5.41, 5.74) is 1.07. The number of nitrogens with one attached hydrogen (secondary N) is 1. The van der Waals surface area contributed by atoms with E-state index in [4.69, 9.17) is 4.74 Å². The second-order valence-electron chi connectivity index (χ2n) is 6.20. The first kappa shape index (κ1) is 20.0. The van der Waals surface area contributed by atoms with Crippen molar-refractivity contribution < 1.29 is 14.3 Å². The van der Waals surface area contributed by atoms with E-state index >= 15 is 0 Å². The van der Waals surface area contributed by atoms with Crippen molar-refractivity contribution in [3.8, 4) is 0 Å². The molecule has 0 saturated carbocycles. The number of rotatable bonds is 5. The lowest BCUT2D eigenvalue weighted by Gasteiger charge is -2.11. The van der Waals surface area contributed by atoms with E-state index in [1.165, 1.54) is 21.8 Å². The van der Waals surface area contributed by atoms with Crippen molar-refractivity contribution in [1.29, 1.82) is 0 Å². The molecule has 9 heteroatoms. The topological polar surface area (TPSA) is 89.8 Å². The van der Waals surface area contributed by atoms with Gasteiger partial charge in [0.25, 0.3) is 11.5 Å². The number of nitrogens with zero attached hydrogens (tertiary/aromatic N) is 2. The van der Waals surface area contributed by atoms with Crippen LogP contribution in [0.15, 0.2) is 75.4 Å². The third-order valence-corrected chi connectivity index (χ3v) is 5.67. The van der Waals surface area contributed by atoms with Crippen molar-refractivity contribution in [3.05, 3.63) is 97.8 Å². The maximum atomic E-state index is 12.6. The molecule has 30 heavy (non-hydrogen) atoms. The van der Waals surface area contributed by atoms with Gasteiger partial charge in [0.1, 0.15) is 6.61 Å². The largest absolute Gasteiger partial charge is 0.456 e. The van der Waals surface area contributed by atoms with Crippen molar-refractivity contribution >= 4 is 49.8 Å². The van der Waals surface area contributed by atoms with Crippen molar-refractivity contribution in [1.82, 2.24) is 9.38 Å². The number of amides is 1. The van der Waals surface area contributed by atoms with E-state index in [0.29, 0.717) is 26.4 Å². The van der Waals surface area contributed by atoms with Gasteiger partial charge in [-0.25, -0.2) is 9.78 Å². The first-order valence-electron chi connectivity index (χ1n) is 8.81. The Balaban J connectivity index is 1.51. The number of aromatic nitrogens is 2. The monoisotopic (exact) mass is 483 g/mol. The predicted octanol–water partition coefficient (Wildman–Crippen LogP) is 4.13. The summed E-state index contributed by atoms with van der Waals surface area (Å²) in [6, 6.07) is 14.9. The molecule has 0 unspecified atom stereocenters. The van der Waals surface area contributed by atoms with Gasteiger partial charge in [-0.1, -0.05) is 24.3 Å². The number of carbonyl (C=O) groups excluding carboxylic acids is 2. The fraction of sp³-hybridized carbons (Fsp3) is 0.0476. The molecule has 4 rings (SSSR count). The van der Waals surface area contributed by atoms with Crippen LogP contribution in [0.1, 0.15) is 26.4 Å². The molecule has 2 aromatic heterocycles. The molecule has 0 fully saturated rings. The molecule has 1 N–H and O–H groups in total. The molecule has 2 aromatic carbocycles. The number of esters is 1. The number of fused-ring (bicyclic) bond motifs is 1. The predicted molar refractivity (Wildman–Crippen MR) is 117 cm³/mol. The molecular formula is C21H14BrN3O4S. The number of hydrogen-bond donors (Lipinski definition) is 1. The Kier molecular flexibility index (Phi) is 5.73. The highest BCUT2D eigenvalue weighted by molar-refractivity contribution is 9.10. The summed E-state index contributed by atoms with van der Waals surface area (Å²) < 4.78 is 7.40. The fourth-order valence-corrected chi connectivity index (χ4v) is 3.99. The van der Waals surface area contributed by atoms with E-state index in [-0.39, 0.29) is 23.6 Å². The number of para-hydroxylation sites is 1. The first-order valence-corrected chi connectivity index (χ1v) is 10.5. The molecule has 0 radical (unpaired) electrons. The van der Waals surface area contributed by atoms with E-state index in [9.17, 15) is 14.4 Å². The second kappa shape index (κ2) is 8.60. The minimum atomic E-state index is -0.633. The molecule has 4 aromatic rings. The van der Waals surface area contributed by atoms with E-state index in [2.05, 4.69) is 26.2 Å². The van der Waals surface area contributed by atoms with Crippen LogP contribution in [0.25, 0.3) is 4.96 Å². The molecule has 2 heterocycles. The van der Waals surface area contributed by atoms with Crippen LogP contribution in [0.5, 0.6) is 0 Å². The van der Waals surface area contributed by atoms with Crippen LogP contribution in [0.4, 0.5) is 5.69 Å². The zero-order valence-corrected chi connectivity index (χ0v) is 17.8. The van der Waals surface area contributed by atoms with Crippen LogP contribution in [0.2, 0.25) is 0 Å². The standard InChI is InChI=1S/C21H14BrN3O4S/c22-16-7-3-1-5-14(16)19(27)24-17-8-4-2-6-15(17)20(28)29-12-13-11-18(26)25-9-10-30-21(25)23-13/h1-11H,12H2,(H,24,27). The summed E-state index contributed by atoms with van der Waals surface area (Å²) in [5, 5.41) is 4.49. The van der Waals surface area contributed by atoms with Gasteiger partial charge in [0.15, 0.2) is 4.96 Å². The number of carbonyl (C=O) groups is 2. The Hall–Kier alpha value is -3.30. The SMILES string of the molecule is O=C(Nc1ccccc1C(=O)OCc1cc(=O)n2ccsc2n1)c1ccccc1Br. The molecule has 0 bridgehead atoms. The quantitative estimate of drug-likeness (QED) is 0.431. The normalized spacial score (nSPS) is 10.7. The average molecular weight is 484 g/mol. The summed E-state index contributed by atoms with van der Waals surface area (Å²) in [6.45, 7) is -0.158. The molecule has 150 valence electrons. The summed E-state index contributed by atoms with van der Waals surface area (Å²) in [7, 11) is 0. The van der Waals surface area contributed by atoms with Crippen molar-refractivity contribution in [2.75, 3.05) is 5.32 Å². The molecule has 0 aliphatic heterocycles. The zero-order valence-electron chi connectivity index (χ0n) is 15.4. The molecule has 0 spiro atoms. The van der Waals surface area contributed by atoms with Crippen LogP contribution >= 0.6 is 27.3 Å². The lowest BCUT2D eigenvalue weighted by Crippen LogP contribution is -2.17. The first-order chi connectivity index (χ1) is 14.5. The molecule has 0 aliphatic carbocycles. The fourth-order valence-electron chi connectivity index (χ4n) is 2.78. The molecule has 1 amide bonds. The highest BCUT2D eigenvalue weighted by Gasteiger charge is 2.17. The van der Waals surface area contributed by atoms with Gasteiger partial charge in [-0.2, -0.15) is 0 Å². The van der Waals surface area contributed by atoms with E-state index < -0.39 is 5.97 Å². The average Bonchev–Trinajstić information content (AvgIpc) is 3.22. The summed E-state index contributed by atoms with van der Waals surface area (Å²) in [4.78, 5) is 42.1. The Labute approximate surface area is 183 Å². The van der Waals surface area contributed by atoms with Gasteiger partial charge in [0.05, 0.1) is 22.5 Å². The number of benzene rings is 2. The molecule has 0 atom stereocenters. The summed E-state index contributed by atoms with van der Waals surface area (Å²) >= 11 is 4.66. The van der Waals surface area contributed by atoms with Gasteiger partial charge < -0.3 is 10.1 Å². The molecule has 0 aliphatic rings. The highest BCUT2D eigenvalue weighted by atomic mass is 79.9. The molecule has 7 nitrogen and oxygen atoms in total. The lowest BCUT2D eigenvalue weighted by atomic mass is 10.1. The van der Waals surface area contributed by atoms with Crippen molar-refractivity contribution in [3.63, 3.8) is 0 Å². The van der Waals surface area contributed by atoms with Gasteiger partial charge >= 0.3 is 5.97 Å². The van der Waals surface area contributed by atoms with Crippen LogP contribution in [0, 0.1) is 0 Å². The third-order valence-electron chi connectivity index (χ3n) is 4.22. The van der Waals surface area contributed by atoms with Gasteiger partial charge in [-0.05, 0) is 40.2 Å². The maximum Gasteiger partial charge on any atom is 0.340 e. The van der Waals surface area contributed by atoms with Gasteiger partial charge in [0, 0.05) is 22.1 Å². The number of thiazole rings is 1. The van der Waals surface area contributed by atoms with Crippen LogP contribution in [-0.4, -0.2) is 21.3 Å². The molecular weight excluding hydrogens is 470 g/mol. The minimum absolute atomic E-state index is 0.158. The van der Waals surface area contributed by atoms with Gasteiger partial charge in [-0.3, -0.25) is 14.0 Å². The van der Waals surface area contributed by atoms with E-state index in [0.717, 1.165) is 0 Å². The van der Waals surface area contributed by atoms with Crippen LogP contribution in [-0.2, 0) is 11.3 Å².